The lowest BCUT2D eigenvalue weighted by Crippen LogP contribution is -2.32. The van der Waals surface area contributed by atoms with Crippen LogP contribution >= 0.6 is 11.6 Å². The molecule has 0 fully saturated rings. The Balaban J connectivity index is 1.82. The number of nitrogens with two attached hydrogens (primary N) is 1. The van der Waals surface area contributed by atoms with E-state index < -0.39 is 11.7 Å². The molecule has 4 nitrogen and oxygen atoms in total. The van der Waals surface area contributed by atoms with Crippen LogP contribution in [0.25, 0.3) is 0 Å². The number of ether oxygens (including phenoxy) is 1. The van der Waals surface area contributed by atoms with E-state index in [-0.39, 0.29) is 29.4 Å². The second-order valence-corrected chi connectivity index (χ2v) is 7.87. The zero-order chi connectivity index (χ0) is 23.8. The summed E-state index contributed by atoms with van der Waals surface area (Å²) in [7, 11) is 0. The molecule has 2 N–H and O–H groups in total. The van der Waals surface area contributed by atoms with Crippen molar-refractivity contribution in [2.24, 2.45) is 5.73 Å². The molecule has 174 valence electrons. The lowest BCUT2D eigenvalue weighted by Gasteiger charge is -2.24. The first-order valence-electron chi connectivity index (χ1n) is 10.4. The third kappa shape index (κ3) is 6.73. The van der Waals surface area contributed by atoms with E-state index in [2.05, 4.69) is 0 Å². The lowest BCUT2D eigenvalue weighted by molar-refractivity contribution is -0.138. The van der Waals surface area contributed by atoms with E-state index in [0.717, 1.165) is 11.6 Å². The van der Waals surface area contributed by atoms with E-state index >= 15 is 0 Å². The van der Waals surface area contributed by atoms with Crippen LogP contribution in [0.1, 0.15) is 33.5 Å². The Kier molecular flexibility index (Phi) is 8.36. The summed E-state index contributed by atoms with van der Waals surface area (Å²) in [6.45, 7) is 0.848. The van der Waals surface area contributed by atoms with Crippen molar-refractivity contribution in [3.63, 3.8) is 0 Å². The van der Waals surface area contributed by atoms with Crippen molar-refractivity contribution in [3.05, 3.63) is 100 Å². The molecule has 0 heterocycles. The summed E-state index contributed by atoms with van der Waals surface area (Å²) >= 11 is 5.95. The number of carbonyl (C=O) groups excluding carboxylic acids is 1. The minimum absolute atomic E-state index is 0.00611. The highest BCUT2D eigenvalue weighted by molar-refractivity contribution is 6.30. The molecule has 0 aliphatic carbocycles. The summed E-state index contributed by atoms with van der Waals surface area (Å²) in [6, 6.07) is 18.9. The number of carbonyl (C=O) groups is 1. The minimum atomic E-state index is -4.49. The predicted octanol–water partition coefficient (Wildman–Crippen LogP) is 5.93. The van der Waals surface area contributed by atoms with E-state index in [9.17, 15) is 18.0 Å². The molecule has 0 spiro atoms. The highest BCUT2D eigenvalue weighted by Gasteiger charge is 2.33. The molecule has 8 heteroatoms. The van der Waals surface area contributed by atoms with Gasteiger partial charge in [0.15, 0.2) is 0 Å². The molecular formula is C25H24ClF3N2O2. The molecule has 3 aromatic rings. The number of hydrogen-bond donors (Lipinski definition) is 1. The first kappa shape index (κ1) is 24.6. The number of benzene rings is 3. The Hall–Kier alpha value is -3.03. The van der Waals surface area contributed by atoms with Gasteiger partial charge in [-0.3, -0.25) is 4.79 Å². The molecule has 33 heavy (non-hydrogen) atoms. The molecule has 0 aliphatic rings. The van der Waals surface area contributed by atoms with E-state index in [4.69, 9.17) is 22.1 Å². The third-order valence-electron chi connectivity index (χ3n) is 5.03. The second kappa shape index (κ2) is 11.2. The highest BCUT2D eigenvalue weighted by atomic mass is 35.5. The first-order valence-corrected chi connectivity index (χ1v) is 10.8. The Labute approximate surface area is 195 Å². The van der Waals surface area contributed by atoms with Crippen molar-refractivity contribution in [1.82, 2.24) is 4.90 Å². The summed E-state index contributed by atoms with van der Waals surface area (Å²) in [4.78, 5) is 15.0. The van der Waals surface area contributed by atoms with Gasteiger partial charge >= 0.3 is 6.18 Å². The largest absolute Gasteiger partial charge is 0.488 e. The van der Waals surface area contributed by atoms with Crippen LogP contribution in [0.4, 0.5) is 13.2 Å². The predicted molar refractivity (Wildman–Crippen MR) is 122 cm³/mol. The monoisotopic (exact) mass is 476 g/mol. The standard InChI is InChI=1S/C25H24ClF3N2O2/c26-20-12-10-18(11-13-20)16-31(15-5-14-30)24(32)21-7-2-4-9-23(21)33-17-19-6-1-3-8-22(19)25(27,28)29/h1-4,6-13H,5,14-17,30H2. The van der Waals surface area contributed by atoms with E-state index in [1.54, 1.807) is 41.3 Å². The Morgan fingerprint density at radius 2 is 1.64 bits per heavy atom. The van der Waals surface area contributed by atoms with Gasteiger partial charge in [0.1, 0.15) is 12.4 Å². The number of hydrogen-bond acceptors (Lipinski definition) is 3. The summed E-state index contributed by atoms with van der Waals surface area (Å²) in [6.07, 6.45) is -3.89. The summed E-state index contributed by atoms with van der Waals surface area (Å²) in [5, 5.41) is 0.594. The smallest absolute Gasteiger partial charge is 0.416 e. The zero-order valence-corrected chi connectivity index (χ0v) is 18.6. The number of nitrogens with zero attached hydrogens (tertiary/aromatic N) is 1. The van der Waals surface area contributed by atoms with E-state index in [0.29, 0.717) is 31.1 Å². The molecule has 0 radical (unpaired) electrons. The van der Waals surface area contributed by atoms with Gasteiger partial charge in [-0.25, -0.2) is 0 Å². The van der Waals surface area contributed by atoms with Gasteiger partial charge in [0, 0.05) is 23.7 Å². The SMILES string of the molecule is NCCCN(Cc1ccc(Cl)cc1)C(=O)c1ccccc1OCc1ccccc1C(F)(F)F. The number of rotatable bonds is 9. The van der Waals surface area contributed by atoms with Crippen LogP contribution in [-0.4, -0.2) is 23.9 Å². The molecule has 0 unspecified atom stereocenters. The first-order chi connectivity index (χ1) is 15.8. The van der Waals surface area contributed by atoms with Crippen molar-refractivity contribution < 1.29 is 22.7 Å². The fourth-order valence-electron chi connectivity index (χ4n) is 3.36. The fourth-order valence-corrected chi connectivity index (χ4v) is 3.49. The van der Waals surface area contributed by atoms with Crippen LogP contribution in [0.2, 0.25) is 5.02 Å². The van der Waals surface area contributed by atoms with Gasteiger partial charge in [0.25, 0.3) is 5.91 Å². The lowest BCUT2D eigenvalue weighted by atomic mass is 10.1. The topological polar surface area (TPSA) is 55.6 Å². The number of amides is 1. The number of para-hydroxylation sites is 1. The summed E-state index contributed by atoms with van der Waals surface area (Å²) in [5.74, 6) is -0.0774. The molecule has 0 atom stereocenters. The van der Waals surface area contributed by atoms with Crippen molar-refractivity contribution in [2.75, 3.05) is 13.1 Å². The van der Waals surface area contributed by atoms with Gasteiger partial charge in [0.05, 0.1) is 11.1 Å². The van der Waals surface area contributed by atoms with Gasteiger partial charge in [-0.15, -0.1) is 0 Å². The van der Waals surface area contributed by atoms with Gasteiger partial charge in [0.2, 0.25) is 0 Å². The van der Waals surface area contributed by atoms with Crippen molar-refractivity contribution in [1.29, 1.82) is 0 Å². The van der Waals surface area contributed by atoms with Crippen molar-refractivity contribution in [2.45, 2.75) is 25.7 Å². The van der Waals surface area contributed by atoms with Gasteiger partial charge in [-0.1, -0.05) is 54.1 Å². The van der Waals surface area contributed by atoms with Crippen LogP contribution in [0.3, 0.4) is 0 Å². The quantitative estimate of drug-likeness (QED) is 0.416. The van der Waals surface area contributed by atoms with Gasteiger partial charge in [-0.2, -0.15) is 13.2 Å². The number of alkyl halides is 3. The van der Waals surface area contributed by atoms with Crippen LogP contribution in [0.15, 0.2) is 72.8 Å². The Bertz CT molecular complexity index is 1070. The van der Waals surface area contributed by atoms with E-state index in [1.807, 2.05) is 12.1 Å². The average Bonchev–Trinajstić information content (AvgIpc) is 2.81. The highest BCUT2D eigenvalue weighted by Crippen LogP contribution is 2.32. The van der Waals surface area contributed by atoms with Gasteiger partial charge < -0.3 is 15.4 Å². The van der Waals surface area contributed by atoms with Crippen LogP contribution in [0.5, 0.6) is 5.75 Å². The maximum atomic E-state index is 13.4. The molecule has 3 aromatic carbocycles. The minimum Gasteiger partial charge on any atom is -0.488 e. The molecule has 0 saturated carbocycles. The van der Waals surface area contributed by atoms with Crippen LogP contribution < -0.4 is 10.5 Å². The maximum absolute atomic E-state index is 13.4. The summed E-state index contributed by atoms with van der Waals surface area (Å²) in [5.41, 5.74) is 6.04. The Morgan fingerprint density at radius 3 is 2.33 bits per heavy atom. The number of halogens is 4. The maximum Gasteiger partial charge on any atom is 0.416 e. The molecular weight excluding hydrogens is 453 g/mol. The normalized spacial score (nSPS) is 11.3. The second-order valence-electron chi connectivity index (χ2n) is 7.44. The third-order valence-corrected chi connectivity index (χ3v) is 5.28. The fraction of sp³-hybridized carbons (Fsp3) is 0.240. The van der Waals surface area contributed by atoms with Crippen molar-refractivity contribution >= 4 is 17.5 Å². The van der Waals surface area contributed by atoms with E-state index in [1.165, 1.54) is 18.2 Å². The average molecular weight is 477 g/mol. The molecule has 0 aromatic heterocycles. The Morgan fingerprint density at radius 1 is 0.970 bits per heavy atom. The molecule has 0 saturated heterocycles. The zero-order valence-electron chi connectivity index (χ0n) is 17.8. The van der Waals surface area contributed by atoms with Gasteiger partial charge in [-0.05, 0) is 48.9 Å². The molecule has 0 aliphatic heterocycles. The van der Waals surface area contributed by atoms with Crippen LogP contribution in [-0.2, 0) is 19.3 Å². The molecule has 3 rings (SSSR count). The molecule has 0 bridgehead atoms. The summed E-state index contributed by atoms with van der Waals surface area (Å²) < 4.78 is 45.6. The van der Waals surface area contributed by atoms with Crippen molar-refractivity contribution in [3.8, 4) is 5.75 Å². The van der Waals surface area contributed by atoms with Crippen LogP contribution in [0, 0.1) is 0 Å². The molecule has 1 amide bonds.